The fraction of sp³-hybridized carbons (Fsp3) is 0.449. The van der Waals surface area contributed by atoms with Crippen LogP contribution in [-0.2, 0) is 28.7 Å². The van der Waals surface area contributed by atoms with E-state index < -0.39 is 29.7 Å². The van der Waals surface area contributed by atoms with E-state index >= 15 is 0 Å². The molecule has 2 saturated heterocycles. The molecule has 3 fully saturated rings. The molecule has 8 rings (SSSR count). The minimum atomic E-state index is -1.03. The average molecular weight is 891 g/mol. The van der Waals surface area contributed by atoms with Gasteiger partial charge in [0.2, 0.25) is 23.6 Å². The lowest BCUT2D eigenvalue weighted by atomic mass is 9.73. The Hall–Kier alpha value is -6.26. The summed E-state index contributed by atoms with van der Waals surface area (Å²) in [5.41, 5.74) is 3.45. The monoisotopic (exact) mass is 890 g/mol. The molecule has 0 spiro atoms. The van der Waals surface area contributed by atoms with Gasteiger partial charge in [-0.15, -0.1) is 0 Å². The molecule has 16 heteroatoms. The normalized spacial score (nSPS) is 20.7. The number of hydrogen-bond acceptors (Lipinski definition) is 11. The van der Waals surface area contributed by atoms with Crippen LogP contribution in [0, 0.1) is 17.7 Å². The Morgan fingerprint density at radius 1 is 0.862 bits per heavy atom. The molecule has 4 heterocycles. The molecule has 65 heavy (non-hydrogen) atoms. The number of hydrogen-bond donors (Lipinski definition) is 3. The van der Waals surface area contributed by atoms with E-state index in [9.17, 15) is 33.2 Å². The van der Waals surface area contributed by atoms with Crippen LogP contribution in [0.1, 0.15) is 96.9 Å². The fourth-order valence-electron chi connectivity index (χ4n) is 9.52. The maximum absolute atomic E-state index is 14.1. The summed E-state index contributed by atoms with van der Waals surface area (Å²) in [6.07, 6.45) is 7.19. The first-order chi connectivity index (χ1) is 31.5. The predicted molar refractivity (Wildman–Crippen MR) is 239 cm³/mol. The first kappa shape index (κ1) is 45.3. The number of anilines is 2. The zero-order valence-corrected chi connectivity index (χ0v) is 36.5. The van der Waals surface area contributed by atoms with Crippen molar-refractivity contribution in [2.75, 3.05) is 56.7 Å². The Kier molecular flexibility index (Phi) is 14.4. The van der Waals surface area contributed by atoms with Gasteiger partial charge in [0.15, 0.2) is 0 Å². The molecule has 4 aromatic rings. The van der Waals surface area contributed by atoms with Gasteiger partial charge in [-0.2, -0.15) is 0 Å². The van der Waals surface area contributed by atoms with E-state index in [0.717, 1.165) is 47.0 Å². The summed E-state index contributed by atoms with van der Waals surface area (Å²) in [5.74, 6) is -1.44. The number of carbonyl (C=O) groups is 6. The van der Waals surface area contributed by atoms with Crippen molar-refractivity contribution in [3.05, 3.63) is 95.4 Å². The summed E-state index contributed by atoms with van der Waals surface area (Å²) in [6, 6.07) is 18.1. The van der Waals surface area contributed by atoms with E-state index in [2.05, 4.69) is 20.9 Å². The SMILES string of the molecule is C[C@@H](C(=O)Nc1cccc(OC2CCN(C(=O)CCOCCOCCNc3cccc4c3C(=O)N(C3CCC(=O)NC3=O)C4=O)CC2)c1)C1CCC(c2ccnc3ccc(F)cc23)CC1. The molecule has 4 aliphatic rings. The van der Waals surface area contributed by atoms with Gasteiger partial charge < -0.3 is 29.7 Å². The molecule has 3 aromatic carbocycles. The van der Waals surface area contributed by atoms with Crippen molar-refractivity contribution in [2.24, 2.45) is 11.8 Å². The number of ether oxygens (including phenoxy) is 3. The minimum Gasteiger partial charge on any atom is -0.490 e. The standard InChI is InChI=1S/C49H55FN6O9/c1-30(31-8-10-32(11-9-31)37-16-20-51-40-13-12-33(50)28-39(37)40)46(59)53-34-4-2-5-36(29-34)65-35-17-22-55(23-18-35)44(58)19-24-63-26-27-64-25-21-52-41-7-3-6-38-45(41)49(62)56(48(38)61)42-14-15-43(57)54-47(42)60/h2-7,12-13,16,20,28-32,35,42,52H,8-11,14-15,17-19,21-27H2,1H3,(H,53,59)(H,54,57,60)/t30-,31?,32?,42?/m1/s1. The van der Waals surface area contributed by atoms with E-state index in [0.29, 0.717) is 75.3 Å². The molecule has 1 unspecified atom stereocenters. The van der Waals surface area contributed by atoms with Crippen LogP contribution in [0.5, 0.6) is 5.75 Å². The maximum Gasteiger partial charge on any atom is 0.264 e. The third kappa shape index (κ3) is 10.7. The van der Waals surface area contributed by atoms with Crippen LogP contribution < -0.4 is 20.7 Å². The van der Waals surface area contributed by atoms with Crippen molar-refractivity contribution in [1.29, 1.82) is 0 Å². The van der Waals surface area contributed by atoms with Crippen LogP contribution in [0.2, 0.25) is 0 Å². The van der Waals surface area contributed by atoms with Gasteiger partial charge in [0, 0.05) is 73.8 Å². The number of pyridine rings is 1. The molecule has 1 aromatic heterocycles. The van der Waals surface area contributed by atoms with E-state index in [1.807, 2.05) is 42.2 Å². The number of carbonyl (C=O) groups excluding carboxylic acids is 6. The molecule has 0 bridgehead atoms. The lowest BCUT2D eigenvalue weighted by molar-refractivity contribution is -0.136. The Labute approximate surface area is 376 Å². The van der Waals surface area contributed by atoms with Gasteiger partial charge >= 0.3 is 0 Å². The summed E-state index contributed by atoms with van der Waals surface area (Å²) in [6.45, 7) is 4.63. The Bertz CT molecular complexity index is 2430. The number of nitrogens with one attached hydrogen (secondary N) is 3. The largest absolute Gasteiger partial charge is 0.490 e. The summed E-state index contributed by atoms with van der Waals surface area (Å²) in [4.78, 5) is 83.8. The molecule has 0 radical (unpaired) electrons. The van der Waals surface area contributed by atoms with Gasteiger partial charge in [0.1, 0.15) is 23.7 Å². The number of halogens is 1. The van der Waals surface area contributed by atoms with Crippen LogP contribution in [0.3, 0.4) is 0 Å². The van der Waals surface area contributed by atoms with Crippen molar-refractivity contribution in [3.63, 3.8) is 0 Å². The van der Waals surface area contributed by atoms with Gasteiger partial charge in [-0.1, -0.05) is 19.1 Å². The fourth-order valence-corrected chi connectivity index (χ4v) is 9.52. The highest BCUT2D eigenvalue weighted by Crippen LogP contribution is 2.41. The number of nitrogens with zero attached hydrogens (tertiary/aromatic N) is 3. The highest BCUT2D eigenvalue weighted by Gasteiger charge is 2.45. The van der Waals surface area contributed by atoms with Crippen LogP contribution in [0.4, 0.5) is 15.8 Å². The topological polar surface area (TPSA) is 186 Å². The summed E-state index contributed by atoms with van der Waals surface area (Å²) >= 11 is 0. The zero-order chi connectivity index (χ0) is 45.5. The molecular weight excluding hydrogens is 836 g/mol. The second-order valence-corrected chi connectivity index (χ2v) is 17.3. The first-order valence-corrected chi connectivity index (χ1v) is 22.7. The summed E-state index contributed by atoms with van der Waals surface area (Å²) in [5, 5.41) is 9.31. The Morgan fingerprint density at radius 3 is 2.42 bits per heavy atom. The lowest BCUT2D eigenvalue weighted by Crippen LogP contribution is -2.54. The summed E-state index contributed by atoms with van der Waals surface area (Å²) < 4.78 is 31.7. The van der Waals surface area contributed by atoms with Gasteiger partial charge in [0.25, 0.3) is 11.8 Å². The highest BCUT2D eigenvalue weighted by molar-refractivity contribution is 6.25. The van der Waals surface area contributed by atoms with Crippen molar-refractivity contribution >= 4 is 57.7 Å². The minimum absolute atomic E-state index is 0.0155. The Morgan fingerprint density at radius 2 is 1.63 bits per heavy atom. The predicted octanol–water partition coefficient (Wildman–Crippen LogP) is 6.23. The van der Waals surface area contributed by atoms with Gasteiger partial charge in [0.05, 0.1) is 49.5 Å². The number of aromatic nitrogens is 1. The van der Waals surface area contributed by atoms with E-state index in [4.69, 9.17) is 14.2 Å². The highest BCUT2D eigenvalue weighted by atomic mass is 19.1. The van der Waals surface area contributed by atoms with Crippen molar-refractivity contribution in [2.45, 2.75) is 82.8 Å². The molecule has 342 valence electrons. The molecular formula is C49H55FN6O9. The third-order valence-electron chi connectivity index (χ3n) is 13.1. The molecule has 2 atom stereocenters. The third-order valence-corrected chi connectivity index (χ3v) is 13.1. The van der Waals surface area contributed by atoms with Crippen LogP contribution in [-0.4, -0.2) is 108 Å². The van der Waals surface area contributed by atoms with E-state index in [-0.39, 0.29) is 72.6 Å². The van der Waals surface area contributed by atoms with Gasteiger partial charge in [-0.3, -0.25) is 44.0 Å². The van der Waals surface area contributed by atoms with E-state index in [1.54, 1.807) is 36.5 Å². The first-order valence-electron chi connectivity index (χ1n) is 22.7. The van der Waals surface area contributed by atoms with Crippen LogP contribution >= 0.6 is 0 Å². The number of imide groups is 2. The van der Waals surface area contributed by atoms with Crippen LogP contribution in [0.25, 0.3) is 10.9 Å². The van der Waals surface area contributed by atoms with Gasteiger partial charge in [-0.05, 0) is 98.0 Å². The molecule has 15 nitrogen and oxygen atoms in total. The maximum atomic E-state index is 14.1. The molecule has 3 N–H and O–H groups in total. The average Bonchev–Trinajstić information content (AvgIpc) is 3.56. The van der Waals surface area contributed by atoms with Gasteiger partial charge in [-0.25, -0.2) is 4.39 Å². The van der Waals surface area contributed by atoms with E-state index in [1.165, 1.54) is 6.07 Å². The number of fused-ring (bicyclic) bond motifs is 2. The quantitative estimate of drug-likeness (QED) is 0.0807. The lowest BCUT2D eigenvalue weighted by Gasteiger charge is -2.32. The van der Waals surface area contributed by atoms with Crippen molar-refractivity contribution in [1.82, 2.24) is 20.1 Å². The second-order valence-electron chi connectivity index (χ2n) is 17.3. The molecule has 3 aliphatic heterocycles. The molecule has 1 aliphatic carbocycles. The molecule has 6 amide bonds. The number of benzene rings is 3. The number of likely N-dealkylation sites (tertiary alicyclic amines) is 1. The summed E-state index contributed by atoms with van der Waals surface area (Å²) in [7, 11) is 0. The molecule has 1 saturated carbocycles. The van der Waals surface area contributed by atoms with Crippen molar-refractivity contribution < 1.29 is 47.4 Å². The zero-order valence-electron chi connectivity index (χ0n) is 36.5. The number of rotatable bonds is 17. The number of piperidine rings is 2. The smallest absolute Gasteiger partial charge is 0.264 e. The van der Waals surface area contributed by atoms with Crippen LogP contribution in [0.15, 0.2) is 72.9 Å². The second kappa shape index (κ2) is 20.7. The Balaban J connectivity index is 0.686. The number of amides is 6. The van der Waals surface area contributed by atoms with Crippen molar-refractivity contribution in [3.8, 4) is 5.75 Å².